The summed E-state index contributed by atoms with van der Waals surface area (Å²) in [5, 5.41) is 9.17. The van der Waals surface area contributed by atoms with E-state index in [0.717, 1.165) is 11.1 Å². The van der Waals surface area contributed by atoms with E-state index in [4.69, 9.17) is 5.11 Å². The highest BCUT2D eigenvalue weighted by Gasteiger charge is 2.20. The van der Waals surface area contributed by atoms with E-state index in [0.29, 0.717) is 12.3 Å². The molecular formula is C13H18O2. The van der Waals surface area contributed by atoms with Crippen molar-refractivity contribution in [2.24, 2.45) is 5.92 Å². The fraction of sp³-hybridized carbons (Fsp3) is 0.462. The van der Waals surface area contributed by atoms with Gasteiger partial charge in [-0.1, -0.05) is 43.7 Å². The van der Waals surface area contributed by atoms with Crippen molar-refractivity contribution in [3.05, 3.63) is 35.4 Å². The summed E-state index contributed by atoms with van der Waals surface area (Å²) in [7, 11) is 0. The largest absolute Gasteiger partial charge is 0.481 e. The van der Waals surface area contributed by atoms with Crippen molar-refractivity contribution in [1.82, 2.24) is 0 Å². The van der Waals surface area contributed by atoms with Crippen LogP contribution in [0.1, 0.15) is 37.3 Å². The third kappa shape index (κ3) is 3.39. The number of carboxylic acid groups (broad SMARTS) is 1. The minimum Gasteiger partial charge on any atom is -0.481 e. The molecule has 0 fully saturated rings. The molecule has 1 atom stereocenters. The molecule has 0 heterocycles. The molecule has 0 aliphatic heterocycles. The molecule has 15 heavy (non-hydrogen) atoms. The highest BCUT2D eigenvalue weighted by Crippen LogP contribution is 2.24. The number of aliphatic carboxylic acids is 1. The van der Waals surface area contributed by atoms with E-state index in [2.05, 4.69) is 0 Å². The lowest BCUT2D eigenvalue weighted by atomic mass is 9.90. The molecule has 0 bridgehead atoms. The van der Waals surface area contributed by atoms with Crippen LogP contribution in [-0.4, -0.2) is 11.1 Å². The van der Waals surface area contributed by atoms with Gasteiger partial charge in [0.2, 0.25) is 0 Å². The number of hydrogen-bond acceptors (Lipinski definition) is 1. The van der Waals surface area contributed by atoms with Crippen LogP contribution in [-0.2, 0) is 4.79 Å². The Bertz CT molecular complexity index is 342. The molecule has 1 aromatic rings. The summed E-state index contributed by atoms with van der Waals surface area (Å²) in [5.74, 6) is -0.703. The maximum absolute atomic E-state index is 11.1. The highest BCUT2D eigenvalue weighted by atomic mass is 16.4. The molecule has 0 aliphatic rings. The molecule has 1 aromatic carbocycles. The van der Waals surface area contributed by atoms with E-state index in [1.54, 1.807) is 0 Å². The maximum atomic E-state index is 11.1. The molecule has 0 amide bonds. The fourth-order valence-corrected chi connectivity index (χ4v) is 1.74. The topological polar surface area (TPSA) is 37.3 Å². The van der Waals surface area contributed by atoms with Gasteiger partial charge in [0.25, 0.3) is 0 Å². The van der Waals surface area contributed by atoms with Gasteiger partial charge in [0.05, 0.1) is 5.92 Å². The zero-order chi connectivity index (χ0) is 11.4. The normalized spacial score (nSPS) is 12.8. The van der Waals surface area contributed by atoms with Crippen molar-refractivity contribution in [2.75, 3.05) is 0 Å². The summed E-state index contributed by atoms with van der Waals surface area (Å²) in [6.45, 7) is 6.08. The summed E-state index contributed by atoms with van der Waals surface area (Å²) in [5.41, 5.74) is 2.03. The Morgan fingerprint density at radius 2 is 2.07 bits per heavy atom. The zero-order valence-electron chi connectivity index (χ0n) is 9.53. The standard InChI is InChI=1S/C13H18O2/c1-9(2)7-12(13(14)15)11-6-4-5-10(3)8-11/h4-6,8-9,12H,7H2,1-3H3,(H,14,15). The third-order valence-corrected chi connectivity index (χ3v) is 2.45. The van der Waals surface area contributed by atoms with Gasteiger partial charge in [-0.15, -0.1) is 0 Å². The average molecular weight is 206 g/mol. The van der Waals surface area contributed by atoms with Crippen molar-refractivity contribution in [2.45, 2.75) is 33.1 Å². The summed E-state index contributed by atoms with van der Waals surface area (Å²) < 4.78 is 0. The molecule has 0 radical (unpaired) electrons. The zero-order valence-corrected chi connectivity index (χ0v) is 9.53. The number of carboxylic acids is 1. The smallest absolute Gasteiger partial charge is 0.310 e. The van der Waals surface area contributed by atoms with Crippen LogP contribution in [0.5, 0.6) is 0 Å². The van der Waals surface area contributed by atoms with Crippen LogP contribution in [0.3, 0.4) is 0 Å². The molecule has 1 N–H and O–H groups in total. The number of aryl methyl sites for hydroxylation is 1. The third-order valence-electron chi connectivity index (χ3n) is 2.45. The molecule has 0 saturated carbocycles. The predicted molar refractivity (Wildman–Crippen MR) is 61.0 cm³/mol. The summed E-state index contributed by atoms with van der Waals surface area (Å²) >= 11 is 0. The molecule has 82 valence electrons. The van der Waals surface area contributed by atoms with Gasteiger partial charge >= 0.3 is 5.97 Å². The number of hydrogen-bond donors (Lipinski definition) is 1. The lowest BCUT2D eigenvalue weighted by Crippen LogP contribution is -2.14. The molecule has 1 unspecified atom stereocenters. The van der Waals surface area contributed by atoms with E-state index in [1.165, 1.54) is 0 Å². The van der Waals surface area contributed by atoms with Crippen LogP contribution in [0.2, 0.25) is 0 Å². The van der Waals surface area contributed by atoms with Crippen LogP contribution >= 0.6 is 0 Å². The van der Waals surface area contributed by atoms with Crippen LogP contribution in [0.15, 0.2) is 24.3 Å². The van der Waals surface area contributed by atoms with Gasteiger partial charge in [0.1, 0.15) is 0 Å². The van der Waals surface area contributed by atoms with Crippen LogP contribution in [0.25, 0.3) is 0 Å². The van der Waals surface area contributed by atoms with Gasteiger partial charge in [-0.25, -0.2) is 0 Å². The first-order chi connectivity index (χ1) is 7.00. The second-order valence-electron chi connectivity index (χ2n) is 4.43. The molecule has 2 nitrogen and oxygen atoms in total. The fourth-order valence-electron chi connectivity index (χ4n) is 1.74. The van der Waals surface area contributed by atoms with E-state index >= 15 is 0 Å². The second kappa shape index (κ2) is 4.96. The van der Waals surface area contributed by atoms with Gasteiger partial charge in [-0.05, 0) is 24.8 Å². The molecule has 0 saturated heterocycles. The average Bonchev–Trinajstić information content (AvgIpc) is 2.13. The Morgan fingerprint density at radius 1 is 1.40 bits per heavy atom. The number of benzene rings is 1. The Morgan fingerprint density at radius 3 is 2.53 bits per heavy atom. The van der Waals surface area contributed by atoms with Crippen molar-refractivity contribution in [3.63, 3.8) is 0 Å². The Balaban J connectivity index is 2.94. The number of rotatable bonds is 4. The Hall–Kier alpha value is -1.31. The lowest BCUT2D eigenvalue weighted by Gasteiger charge is -2.15. The molecule has 0 aromatic heterocycles. The monoisotopic (exact) mass is 206 g/mol. The highest BCUT2D eigenvalue weighted by molar-refractivity contribution is 5.76. The Kier molecular flexibility index (Phi) is 3.89. The first-order valence-electron chi connectivity index (χ1n) is 5.30. The van der Waals surface area contributed by atoms with Gasteiger partial charge in [-0.2, -0.15) is 0 Å². The summed E-state index contributed by atoms with van der Waals surface area (Å²) in [4.78, 5) is 11.1. The molecule has 0 spiro atoms. The maximum Gasteiger partial charge on any atom is 0.310 e. The Labute approximate surface area is 90.9 Å². The number of carbonyl (C=O) groups is 1. The SMILES string of the molecule is Cc1cccc(C(CC(C)C)C(=O)O)c1. The van der Waals surface area contributed by atoms with Crippen LogP contribution < -0.4 is 0 Å². The van der Waals surface area contributed by atoms with Crippen LogP contribution in [0, 0.1) is 12.8 Å². The lowest BCUT2D eigenvalue weighted by molar-refractivity contribution is -0.139. The predicted octanol–water partition coefficient (Wildman–Crippen LogP) is 3.21. The molecule has 2 heteroatoms. The van der Waals surface area contributed by atoms with E-state index < -0.39 is 5.97 Å². The first kappa shape index (κ1) is 11.8. The van der Waals surface area contributed by atoms with Gasteiger partial charge < -0.3 is 5.11 Å². The quantitative estimate of drug-likeness (QED) is 0.821. The van der Waals surface area contributed by atoms with Gasteiger partial charge in [-0.3, -0.25) is 4.79 Å². The van der Waals surface area contributed by atoms with Gasteiger partial charge in [0, 0.05) is 0 Å². The van der Waals surface area contributed by atoms with Crippen molar-refractivity contribution in [3.8, 4) is 0 Å². The van der Waals surface area contributed by atoms with Crippen molar-refractivity contribution in [1.29, 1.82) is 0 Å². The van der Waals surface area contributed by atoms with E-state index in [9.17, 15) is 4.79 Å². The molecular weight excluding hydrogens is 188 g/mol. The van der Waals surface area contributed by atoms with E-state index in [1.807, 2.05) is 45.0 Å². The van der Waals surface area contributed by atoms with Crippen LogP contribution in [0.4, 0.5) is 0 Å². The first-order valence-corrected chi connectivity index (χ1v) is 5.30. The van der Waals surface area contributed by atoms with Gasteiger partial charge in [0.15, 0.2) is 0 Å². The van der Waals surface area contributed by atoms with Crippen molar-refractivity contribution < 1.29 is 9.90 Å². The summed E-state index contributed by atoms with van der Waals surface area (Å²) in [6.07, 6.45) is 0.693. The second-order valence-corrected chi connectivity index (χ2v) is 4.43. The minimum absolute atomic E-state index is 0.370. The molecule has 0 aliphatic carbocycles. The molecule has 1 rings (SSSR count). The van der Waals surface area contributed by atoms with E-state index in [-0.39, 0.29) is 5.92 Å². The minimum atomic E-state index is -0.727. The van der Waals surface area contributed by atoms with Crippen molar-refractivity contribution >= 4 is 5.97 Å². The summed E-state index contributed by atoms with van der Waals surface area (Å²) in [6, 6.07) is 7.76.